The van der Waals surface area contributed by atoms with Gasteiger partial charge in [0.15, 0.2) is 14.4 Å². The molecule has 0 spiro atoms. The highest BCUT2D eigenvalue weighted by Crippen LogP contribution is 2.45. The van der Waals surface area contributed by atoms with E-state index in [2.05, 4.69) is 56.7 Å². The SMILES string of the molecule is C/C(=C\C=C\[C@@H](C)c1ccccn1)C1(O[Si](C)(C)C(C)(C)C)OC(=O)CCCCC(C)(O)C(OC(=O)N2CCN(C3CCCCCC3)CC2)C=CC1C. The number of amides is 1. The van der Waals surface area contributed by atoms with Crippen molar-refractivity contribution < 1.29 is 28.6 Å². The van der Waals surface area contributed by atoms with E-state index in [4.69, 9.17) is 13.9 Å². The topological polar surface area (TPSA) is 101 Å². The summed E-state index contributed by atoms with van der Waals surface area (Å²) in [6.07, 6.45) is 19.5. The zero-order chi connectivity index (χ0) is 38.9. The van der Waals surface area contributed by atoms with Crippen molar-refractivity contribution >= 4 is 20.4 Å². The summed E-state index contributed by atoms with van der Waals surface area (Å²) in [7, 11) is -2.55. The van der Waals surface area contributed by atoms with Gasteiger partial charge >= 0.3 is 12.1 Å². The Morgan fingerprint density at radius 2 is 1.74 bits per heavy atom. The van der Waals surface area contributed by atoms with Crippen LogP contribution in [-0.4, -0.2) is 90.0 Å². The van der Waals surface area contributed by atoms with Crippen LogP contribution in [0.2, 0.25) is 18.1 Å². The summed E-state index contributed by atoms with van der Waals surface area (Å²) in [5.74, 6) is -2.18. The van der Waals surface area contributed by atoms with Crippen molar-refractivity contribution in [3.63, 3.8) is 0 Å². The Morgan fingerprint density at radius 1 is 1.06 bits per heavy atom. The van der Waals surface area contributed by atoms with Crippen molar-refractivity contribution in [2.75, 3.05) is 26.2 Å². The molecule has 53 heavy (non-hydrogen) atoms. The van der Waals surface area contributed by atoms with Crippen molar-refractivity contribution in [2.45, 2.75) is 160 Å². The first-order valence-corrected chi connectivity index (χ1v) is 23.1. The number of ether oxygens (including phenoxy) is 2. The number of pyridine rings is 1. The Morgan fingerprint density at radius 3 is 2.36 bits per heavy atom. The highest BCUT2D eigenvalue weighted by Gasteiger charge is 2.51. The van der Waals surface area contributed by atoms with Crippen LogP contribution >= 0.6 is 0 Å². The summed E-state index contributed by atoms with van der Waals surface area (Å²) in [6.45, 7) is 21.5. The predicted molar refractivity (Wildman–Crippen MR) is 215 cm³/mol. The van der Waals surface area contributed by atoms with Gasteiger partial charge in [-0.3, -0.25) is 14.7 Å². The standard InChI is InChI=1S/C43H69N3O6Si/c1-33(37-23-15-17-28-44-37)19-18-20-34(2)43(52-53(8,9)41(4,5)6)35(3)25-26-38(42(7,49)27-16-14-24-39(47)51-43)50-40(48)46-31-29-45(30-32-46)36-21-12-10-11-13-22-36/h15,17-20,23,25-26,28,33,35-36,38,49H,10-14,16,21-22,24,27,29-32H2,1-9H3/b19-18+,26-25?,34-20+/t33-,35?,38?,42?,43?/m1/s1. The van der Waals surface area contributed by atoms with E-state index in [1.54, 1.807) is 24.1 Å². The molecule has 296 valence electrons. The monoisotopic (exact) mass is 751 g/mol. The van der Waals surface area contributed by atoms with Gasteiger partial charge in [-0.1, -0.05) is 90.7 Å². The molecule has 1 aliphatic carbocycles. The van der Waals surface area contributed by atoms with Gasteiger partial charge in [0.2, 0.25) is 5.79 Å². The number of hydrogen-bond acceptors (Lipinski definition) is 8. The number of cyclic esters (lactones) is 1. The van der Waals surface area contributed by atoms with Crippen molar-refractivity contribution in [2.24, 2.45) is 5.92 Å². The maximum Gasteiger partial charge on any atom is 0.410 e. The lowest BCUT2D eigenvalue weighted by Gasteiger charge is -2.47. The van der Waals surface area contributed by atoms with E-state index in [1.807, 2.05) is 50.3 Å². The van der Waals surface area contributed by atoms with Gasteiger partial charge in [-0.2, -0.15) is 0 Å². The summed E-state index contributed by atoms with van der Waals surface area (Å²) >= 11 is 0. The molecule has 3 aliphatic rings. The summed E-state index contributed by atoms with van der Waals surface area (Å²) < 4.78 is 19.9. The van der Waals surface area contributed by atoms with E-state index in [9.17, 15) is 14.7 Å². The van der Waals surface area contributed by atoms with Crippen LogP contribution in [0, 0.1) is 5.92 Å². The van der Waals surface area contributed by atoms with E-state index in [1.165, 1.54) is 38.5 Å². The number of hydrogen-bond donors (Lipinski definition) is 1. The van der Waals surface area contributed by atoms with Crippen LogP contribution in [0.1, 0.15) is 124 Å². The molecule has 1 N–H and O–H groups in total. The van der Waals surface area contributed by atoms with Crippen molar-refractivity contribution in [1.82, 2.24) is 14.8 Å². The van der Waals surface area contributed by atoms with Gasteiger partial charge in [0.1, 0.15) is 5.60 Å². The van der Waals surface area contributed by atoms with Crippen LogP contribution in [0.15, 0.2) is 60.3 Å². The zero-order valence-electron chi connectivity index (χ0n) is 34.2. The molecule has 10 heteroatoms. The summed E-state index contributed by atoms with van der Waals surface area (Å²) in [5, 5.41) is 11.7. The smallest absolute Gasteiger partial charge is 0.410 e. The van der Waals surface area contributed by atoms with Crippen LogP contribution in [0.25, 0.3) is 0 Å². The number of aliphatic hydroxyl groups is 1. The molecule has 2 fully saturated rings. The van der Waals surface area contributed by atoms with Crippen molar-refractivity contribution in [3.8, 4) is 0 Å². The van der Waals surface area contributed by atoms with Crippen LogP contribution in [0.3, 0.4) is 0 Å². The average Bonchev–Trinajstić information content (AvgIpc) is 3.40. The Kier molecular flexibility index (Phi) is 15.1. The maximum atomic E-state index is 13.7. The number of aromatic nitrogens is 1. The Labute approximate surface area is 321 Å². The van der Waals surface area contributed by atoms with E-state index in [0.29, 0.717) is 38.4 Å². The summed E-state index contributed by atoms with van der Waals surface area (Å²) in [6, 6.07) is 6.50. The third-order valence-corrected chi connectivity index (χ3v) is 16.6. The third-order valence-electron chi connectivity index (χ3n) is 12.2. The van der Waals surface area contributed by atoms with Gasteiger partial charge in [0.25, 0.3) is 0 Å². The second kappa shape index (κ2) is 18.7. The minimum absolute atomic E-state index is 0.0751. The predicted octanol–water partition coefficient (Wildman–Crippen LogP) is 9.31. The molecule has 1 aromatic heterocycles. The number of nitrogens with zero attached hydrogens (tertiary/aromatic N) is 3. The molecular weight excluding hydrogens is 683 g/mol. The molecule has 1 saturated heterocycles. The van der Waals surface area contributed by atoms with Gasteiger partial charge in [0.05, 0.1) is 0 Å². The molecule has 4 rings (SSSR count). The van der Waals surface area contributed by atoms with E-state index >= 15 is 0 Å². The molecule has 1 amide bonds. The van der Waals surface area contributed by atoms with Crippen LogP contribution in [0.5, 0.6) is 0 Å². The van der Waals surface area contributed by atoms with Gasteiger partial charge in [0, 0.05) is 62.4 Å². The minimum atomic E-state index is -2.55. The molecular formula is C43H69N3O6Si. The second-order valence-electron chi connectivity index (χ2n) is 17.5. The number of rotatable bonds is 8. The van der Waals surface area contributed by atoms with Crippen molar-refractivity contribution in [1.29, 1.82) is 0 Å². The molecule has 9 nitrogen and oxygen atoms in total. The van der Waals surface area contributed by atoms with Crippen LogP contribution in [0.4, 0.5) is 4.79 Å². The number of piperazine rings is 1. The summed E-state index contributed by atoms with van der Waals surface area (Å²) in [4.78, 5) is 36.2. The van der Waals surface area contributed by atoms with Crippen molar-refractivity contribution in [3.05, 3.63) is 66.0 Å². The number of allylic oxidation sites excluding steroid dienone is 3. The Bertz CT molecular complexity index is 1420. The fourth-order valence-electron chi connectivity index (χ4n) is 7.44. The van der Waals surface area contributed by atoms with E-state index in [0.717, 1.165) is 24.4 Å². The largest absolute Gasteiger partial charge is 0.439 e. The lowest BCUT2D eigenvalue weighted by atomic mass is 9.88. The Balaban J connectivity index is 1.64. The summed E-state index contributed by atoms with van der Waals surface area (Å²) in [5.41, 5.74) is 0.376. The first-order chi connectivity index (χ1) is 24.9. The molecule has 0 radical (unpaired) electrons. The highest BCUT2D eigenvalue weighted by molar-refractivity contribution is 6.74. The maximum absolute atomic E-state index is 13.7. The van der Waals surface area contributed by atoms with Crippen LogP contribution in [-0.2, 0) is 18.7 Å². The van der Waals surface area contributed by atoms with E-state index in [-0.39, 0.29) is 23.3 Å². The number of carbonyl (C=O) groups is 2. The first-order valence-electron chi connectivity index (χ1n) is 20.2. The molecule has 4 unspecified atom stereocenters. The molecule has 0 bridgehead atoms. The average molecular weight is 752 g/mol. The fourth-order valence-corrected chi connectivity index (χ4v) is 8.90. The molecule has 3 heterocycles. The molecule has 5 atom stereocenters. The fraction of sp³-hybridized carbons (Fsp3) is 0.698. The normalized spacial score (nSPS) is 28.8. The second-order valence-corrected chi connectivity index (χ2v) is 22.2. The van der Waals surface area contributed by atoms with Gasteiger partial charge in [-0.15, -0.1) is 0 Å². The zero-order valence-corrected chi connectivity index (χ0v) is 35.2. The quantitative estimate of drug-likeness (QED) is 0.0923. The lowest BCUT2D eigenvalue weighted by molar-refractivity contribution is -0.199. The van der Waals surface area contributed by atoms with E-state index < -0.39 is 37.8 Å². The number of esters is 1. The van der Waals surface area contributed by atoms with Gasteiger partial charge in [-0.25, -0.2) is 4.79 Å². The minimum Gasteiger partial charge on any atom is -0.439 e. The Hall–Kier alpha value is -2.79. The van der Waals surface area contributed by atoms with Gasteiger partial charge in [-0.05, 0) is 87.9 Å². The molecule has 2 aliphatic heterocycles. The molecule has 1 saturated carbocycles. The molecule has 0 aromatic carbocycles. The third kappa shape index (κ3) is 11.6. The lowest BCUT2D eigenvalue weighted by Crippen LogP contribution is -2.55. The highest BCUT2D eigenvalue weighted by atomic mass is 28.4. The molecule has 1 aromatic rings. The van der Waals surface area contributed by atoms with Gasteiger partial charge < -0.3 is 23.9 Å². The number of carbonyl (C=O) groups excluding carboxylic acids is 2. The first kappa shape index (κ1) is 42.9. The van der Waals surface area contributed by atoms with Crippen LogP contribution < -0.4 is 0 Å².